The second-order valence-corrected chi connectivity index (χ2v) is 5.91. The Balaban J connectivity index is 2.51. The first-order valence-corrected chi connectivity index (χ1v) is 8.18. The summed E-state index contributed by atoms with van der Waals surface area (Å²) in [6.45, 7) is 5.62. The Kier molecular flexibility index (Phi) is 8.35. The summed E-state index contributed by atoms with van der Waals surface area (Å²) >= 11 is 0. The van der Waals surface area contributed by atoms with Crippen LogP contribution in [0.2, 0.25) is 0 Å². The normalized spacial score (nSPS) is 17.7. The minimum atomic E-state index is -0.815. The van der Waals surface area contributed by atoms with Gasteiger partial charge in [-0.25, -0.2) is 0 Å². The van der Waals surface area contributed by atoms with E-state index in [4.69, 9.17) is 4.74 Å². The van der Waals surface area contributed by atoms with Gasteiger partial charge < -0.3 is 15.2 Å². The molecule has 1 rings (SSSR count). The number of amides is 1. The first-order chi connectivity index (χ1) is 10.1. The number of ether oxygens (including phenoxy) is 1. The van der Waals surface area contributed by atoms with Gasteiger partial charge in [0, 0.05) is 25.7 Å². The molecule has 0 radical (unpaired) electrons. The van der Waals surface area contributed by atoms with Gasteiger partial charge in [0.1, 0.15) is 0 Å². The number of rotatable bonds is 9. The lowest BCUT2D eigenvalue weighted by Gasteiger charge is -2.28. The van der Waals surface area contributed by atoms with Crippen LogP contribution in [0, 0.1) is 17.8 Å². The molecule has 0 aromatic carbocycles. The van der Waals surface area contributed by atoms with Gasteiger partial charge >= 0.3 is 5.97 Å². The molecule has 1 atom stereocenters. The largest absolute Gasteiger partial charge is 0.481 e. The van der Waals surface area contributed by atoms with Crippen molar-refractivity contribution < 1.29 is 19.4 Å². The maximum atomic E-state index is 12.2. The summed E-state index contributed by atoms with van der Waals surface area (Å²) in [5.41, 5.74) is 0. The van der Waals surface area contributed by atoms with Crippen LogP contribution < -0.4 is 5.32 Å². The van der Waals surface area contributed by atoms with Crippen molar-refractivity contribution in [1.29, 1.82) is 0 Å². The van der Waals surface area contributed by atoms with E-state index in [0.717, 1.165) is 38.5 Å². The predicted octanol–water partition coefficient (Wildman–Crippen LogP) is 2.45. The fourth-order valence-corrected chi connectivity index (χ4v) is 3.03. The van der Waals surface area contributed by atoms with Crippen LogP contribution in [0.1, 0.15) is 52.4 Å². The molecule has 1 fully saturated rings. The van der Waals surface area contributed by atoms with Crippen molar-refractivity contribution in [3.8, 4) is 0 Å². The van der Waals surface area contributed by atoms with Gasteiger partial charge in [-0.1, -0.05) is 26.7 Å². The standard InChI is InChI=1S/C16H29NO4/c1-3-5-13(6-4-2)15(18)17-11-14(16(19)20)12-7-9-21-10-8-12/h12-14H,3-11H2,1-2H3,(H,17,18)(H,19,20). The molecule has 2 N–H and O–H groups in total. The molecule has 0 saturated carbocycles. The molecule has 1 heterocycles. The molecule has 5 nitrogen and oxygen atoms in total. The van der Waals surface area contributed by atoms with Crippen LogP contribution in [0.5, 0.6) is 0 Å². The van der Waals surface area contributed by atoms with E-state index in [-0.39, 0.29) is 24.3 Å². The van der Waals surface area contributed by atoms with Gasteiger partial charge in [-0.15, -0.1) is 0 Å². The fourth-order valence-electron chi connectivity index (χ4n) is 3.03. The third-order valence-corrected chi connectivity index (χ3v) is 4.29. The number of carbonyl (C=O) groups is 2. The van der Waals surface area contributed by atoms with Crippen molar-refractivity contribution in [3.05, 3.63) is 0 Å². The van der Waals surface area contributed by atoms with Crippen LogP contribution >= 0.6 is 0 Å². The molecule has 21 heavy (non-hydrogen) atoms. The highest BCUT2D eigenvalue weighted by Gasteiger charge is 2.30. The second kappa shape index (κ2) is 9.77. The molecule has 0 aromatic rings. The minimum Gasteiger partial charge on any atom is -0.481 e. The minimum absolute atomic E-state index is 0.0111. The average Bonchev–Trinajstić information content (AvgIpc) is 2.48. The molecule has 122 valence electrons. The first-order valence-electron chi connectivity index (χ1n) is 8.18. The fraction of sp³-hybridized carbons (Fsp3) is 0.875. The molecular formula is C16H29NO4. The molecular weight excluding hydrogens is 270 g/mol. The van der Waals surface area contributed by atoms with Crippen LogP contribution in [0.3, 0.4) is 0 Å². The zero-order chi connectivity index (χ0) is 15.7. The van der Waals surface area contributed by atoms with Crippen molar-refractivity contribution in [2.75, 3.05) is 19.8 Å². The van der Waals surface area contributed by atoms with Gasteiger partial charge in [0.15, 0.2) is 0 Å². The van der Waals surface area contributed by atoms with Crippen molar-refractivity contribution >= 4 is 11.9 Å². The lowest BCUT2D eigenvalue weighted by Crippen LogP contribution is -2.41. The number of aliphatic carboxylic acids is 1. The highest BCUT2D eigenvalue weighted by molar-refractivity contribution is 5.79. The SMILES string of the molecule is CCCC(CCC)C(=O)NCC(C(=O)O)C1CCOCC1. The van der Waals surface area contributed by atoms with E-state index in [1.165, 1.54) is 0 Å². The summed E-state index contributed by atoms with van der Waals surface area (Å²) in [4.78, 5) is 23.6. The van der Waals surface area contributed by atoms with E-state index in [9.17, 15) is 14.7 Å². The van der Waals surface area contributed by atoms with Gasteiger partial charge in [-0.05, 0) is 31.6 Å². The maximum absolute atomic E-state index is 12.2. The van der Waals surface area contributed by atoms with Gasteiger partial charge in [0.2, 0.25) is 5.91 Å². The van der Waals surface area contributed by atoms with E-state index < -0.39 is 11.9 Å². The monoisotopic (exact) mass is 299 g/mol. The predicted molar refractivity (Wildman–Crippen MR) is 81.0 cm³/mol. The molecule has 5 heteroatoms. The first kappa shape index (κ1) is 18.0. The smallest absolute Gasteiger partial charge is 0.308 e. The van der Waals surface area contributed by atoms with Gasteiger partial charge in [-0.3, -0.25) is 9.59 Å². The summed E-state index contributed by atoms with van der Waals surface area (Å²) in [6.07, 6.45) is 5.21. The Morgan fingerprint density at radius 1 is 1.19 bits per heavy atom. The molecule has 1 unspecified atom stereocenters. The number of carboxylic acids is 1. The molecule has 0 aromatic heterocycles. The van der Waals surface area contributed by atoms with Crippen LogP contribution in [0.4, 0.5) is 0 Å². The van der Waals surface area contributed by atoms with Crippen molar-refractivity contribution in [2.45, 2.75) is 52.4 Å². The lowest BCUT2D eigenvalue weighted by molar-refractivity contribution is -0.145. The van der Waals surface area contributed by atoms with Crippen LogP contribution in [-0.2, 0) is 14.3 Å². The van der Waals surface area contributed by atoms with Crippen molar-refractivity contribution in [1.82, 2.24) is 5.32 Å². The molecule has 1 aliphatic heterocycles. The topological polar surface area (TPSA) is 75.6 Å². The van der Waals surface area contributed by atoms with E-state index in [0.29, 0.717) is 13.2 Å². The Morgan fingerprint density at radius 2 is 1.76 bits per heavy atom. The zero-order valence-electron chi connectivity index (χ0n) is 13.3. The quantitative estimate of drug-likeness (QED) is 0.685. The molecule has 0 spiro atoms. The van der Waals surface area contributed by atoms with Gasteiger partial charge in [-0.2, -0.15) is 0 Å². The average molecular weight is 299 g/mol. The molecule has 0 aliphatic carbocycles. The number of carboxylic acid groups (broad SMARTS) is 1. The third kappa shape index (κ3) is 6.04. The highest BCUT2D eigenvalue weighted by Crippen LogP contribution is 2.24. The number of nitrogens with one attached hydrogen (secondary N) is 1. The molecule has 1 saturated heterocycles. The summed E-state index contributed by atoms with van der Waals surface area (Å²) < 4.78 is 5.28. The van der Waals surface area contributed by atoms with Crippen LogP contribution in [0.25, 0.3) is 0 Å². The number of carbonyl (C=O) groups excluding carboxylic acids is 1. The summed E-state index contributed by atoms with van der Waals surface area (Å²) in [7, 11) is 0. The Hall–Kier alpha value is -1.10. The Bertz CT molecular complexity index is 320. The van der Waals surface area contributed by atoms with Crippen molar-refractivity contribution in [2.24, 2.45) is 17.8 Å². The highest BCUT2D eigenvalue weighted by atomic mass is 16.5. The zero-order valence-corrected chi connectivity index (χ0v) is 13.3. The van der Waals surface area contributed by atoms with Crippen LogP contribution in [-0.4, -0.2) is 36.7 Å². The van der Waals surface area contributed by atoms with Crippen molar-refractivity contribution in [3.63, 3.8) is 0 Å². The van der Waals surface area contributed by atoms with Crippen LogP contribution in [0.15, 0.2) is 0 Å². The number of hydrogen-bond donors (Lipinski definition) is 2. The third-order valence-electron chi connectivity index (χ3n) is 4.29. The summed E-state index contributed by atoms with van der Waals surface area (Å²) in [5.74, 6) is -1.18. The maximum Gasteiger partial charge on any atom is 0.308 e. The molecule has 1 amide bonds. The van der Waals surface area contributed by atoms with E-state index in [1.54, 1.807) is 0 Å². The number of hydrogen-bond acceptors (Lipinski definition) is 3. The second-order valence-electron chi connectivity index (χ2n) is 5.91. The summed E-state index contributed by atoms with van der Waals surface area (Å²) in [6, 6.07) is 0. The molecule has 0 bridgehead atoms. The Morgan fingerprint density at radius 3 is 2.24 bits per heavy atom. The van der Waals surface area contributed by atoms with Gasteiger partial charge in [0.05, 0.1) is 5.92 Å². The van der Waals surface area contributed by atoms with E-state index in [2.05, 4.69) is 19.2 Å². The van der Waals surface area contributed by atoms with Gasteiger partial charge in [0.25, 0.3) is 0 Å². The Labute approximate surface area is 127 Å². The van der Waals surface area contributed by atoms with E-state index >= 15 is 0 Å². The lowest BCUT2D eigenvalue weighted by atomic mass is 9.85. The summed E-state index contributed by atoms with van der Waals surface area (Å²) in [5, 5.41) is 12.3. The molecule has 1 aliphatic rings. The van der Waals surface area contributed by atoms with E-state index in [1.807, 2.05) is 0 Å².